The summed E-state index contributed by atoms with van der Waals surface area (Å²) < 4.78 is 18.1. The molecule has 13 rings (SSSR count). The van der Waals surface area contributed by atoms with Crippen molar-refractivity contribution in [3.63, 3.8) is 0 Å². The standard InChI is InChI=1S/C63H56Ge2N2O2/c1-40-18-24-47(25-19-40)66(61-17-11-14-42-12-7-9-15-51(42)61)49-28-30-53-55-34-45-37-58-56(35-46(45)36-57(55)64(3,4)59(53)38-49)54-31-29-50(39-60(54)65(58,5)6)67(48-26-22-44(23-27-48)63-68-32-33-69-63)62-41(2)20-21-43-13-8-10-16-52(43)62/h7-31,34-39,41,62-63H,32-33H2,1-6H3. The molecule has 2 atom stereocenters. The summed E-state index contributed by atoms with van der Waals surface area (Å²) in [5.41, 5.74) is 16.7. The quantitative estimate of drug-likeness (QED) is 0.149. The van der Waals surface area contributed by atoms with E-state index in [4.69, 9.17) is 9.47 Å². The number of hydrogen-bond acceptors (Lipinski definition) is 4. The van der Waals surface area contributed by atoms with Gasteiger partial charge in [-0.15, -0.1) is 0 Å². The number of hydrogen-bond donors (Lipinski definition) is 0. The Morgan fingerprint density at radius 2 is 1.06 bits per heavy atom. The van der Waals surface area contributed by atoms with Gasteiger partial charge in [-0.1, -0.05) is 0 Å². The monoisotopic (exact) mass is 1020 g/mol. The molecule has 0 amide bonds. The van der Waals surface area contributed by atoms with Gasteiger partial charge in [-0.2, -0.15) is 0 Å². The molecule has 338 valence electrons. The van der Waals surface area contributed by atoms with Crippen molar-refractivity contribution >= 4 is 100 Å². The van der Waals surface area contributed by atoms with Crippen molar-refractivity contribution in [2.45, 2.75) is 49.2 Å². The molecule has 0 N–H and O–H groups in total. The second-order valence-electron chi connectivity index (χ2n) is 20.8. The van der Waals surface area contributed by atoms with E-state index >= 15 is 0 Å². The number of rotatable bonds is 7. The van der Waals surface area contributed by atoms with Gasteiger partial charge in [0.15, 0.2) is 0 Å². The van der Waals surface area contributed by atoms with Crippen LogP contribution < -0.4 is 27.4 Å². The van der Waals surface area contributed by atoms with Crippen LogP contribution in [0, 0.1) is 12.8 Å². The predicted molar refractivity (Wildman–Crippen MR) is 296 cm³/mol. The summed E-state index contributed by atoms with van der Waals surface area (Å²) in [6.07, 6.45) is 4.39. The van der Waals surface area contributed by atoms with Crippen LogP contribution in [0.1, 0.15) is 41.5 Å². The van der Waals surface area contributed by atoms with Crippen molar-refractivity contribution in [3.8, 4) is 22.3 Å². The molecule has 4 aliphatic rings. The molecule has 2 unspecified atom stereocenters. The van der Waals surface area contributed by atoms with E-state index in [-0.39, 0.29) is 12.3 Å². The first kappa shape index (κ1) is 42.9. The van der Waals surface area contributed by atoms with Crippen molar-refractivity contribution < 1.29 is 9.47 Å². The number of nitrogens with zero attached hydrogens (tertiary/aromatic N) is 2. The Morgan fingerprint density at radius 1 is 0.493 bits per heavy atom. The SMILES string of the molecule is Cc1ccc(N(c2ccc3[c](c2)[Ge]([CH3])([CH3])[c]2cc4cc5[c](cc4cc2-3)[Ge]([CH3])([CH3])[c]2cc(N(c3ccc(C4OCCO4)cc3)C3c4ccccc4C=CC3C)ccc2-5)c2cccc3ccccc23)cc1. The zero-order chi connectivity index (χ0) is 46.8. The predicted octanol–water partition coefficient (Wildman–Crippen LogP) is 14.0. The van der Waals surface area contributed by atoms with Crippen LogP contribution in [0.5, 0.6) is 0 Å². The molecule has 4 nitrogen and oxygen atoms in total. The molecule has 0 bridgehead atoms. The topological polar surface area (TPSA) is 24.9 Å². The first-order valence-electron chi connectivity index (χ1n) is 24.7. The average Bonchev–Trinajstić information content (AvgIpc) is 4.05. The molecular weight excluding hydrogens is 962 g/mol. The molecule has 3 aliphatic heterocycles. The normalized spacial score (nSPS) is 18.2. The van der Waals surface area contributed by atoms with E-state index in [0.29, 0.717) is 19.1 Å². The van der Waals surface area contributed by atoms with Crippen LogP contribution in [0.3, 0.4) is 0 Å². The van der Waals surface area contributed by atoms with Crippen LogP contribution in [0.15, 0.2) is 182 Å². The molecule has 1 fully saturated rings. The molecule has 0 aromatic heterocycles. The first-order chi connectivity index (χ1) is 33.5. The van der Waals surface area contributed by atoms with E-state index in [1.165, 1.54) is 88.9 Å². The summed E-state index contributed by atoms with van der Waals surface area (Å²) in [6, 6.07) is 67.6. The van der Waals surface area contributed by atoms with Crippen LogP contribution in [-0.4, -0.2) is 39.7 Å². The number of anilines is 5. The van der Waals surface area contributed by atoms with Gasteiger partial charge in [-0.25, -0.2) is 0 Å². The fraction of sp³-hybridized carbons (Fsp3) is 0.175. The van der Waals surface area contributed by atoms with Crippen LogP contribution >= 0.6 is 0 Å². The summed E-state index contributed by atoms with van der Waals surface area (Å²) in [4.78, 5) is 5.08. The Labute approximate surface area is 411 Å². The summed E-state index contributed by atoms with van der Waals surface area (Å²) in [5, 5.41) is 5.23. The zero-order valence-corrected chi connectivity index (χ0v) is 44.5. The summed E-state index contributed by atoms with van der Waals surface area (Å²) in [7, 11) is 0. The van der Waals surface area contributed by atoms with Gasteiger partial charge in [0, 0.05) is 0 Å². The van der Waals surface area contributed by atoms with Crippen molar-refractivity contribution in [1.29, 1.82) is 0 Å². The molecule has 3 heterocycles. The summed E-state index contributed by atoms with van der Waals surface area (Å²) in [6.45, 7) is 5.80. The molecule has 0 radical (unpaired) electrons. The van der Waals surface area contributed by atoms with Gasteiger partial charge < -0.3 is 0 Å². The van der Waals surface area contributed by atoms with Gasteiger partial charge in [0.25, 0.3) is 0 Å². The second-order valence-corrected chi connectivity index (χ2v) is 39.0. The molecule has 1 saturated heterocycles. The third-order valence-electron chi connectivity index (χ3n) is 16.0. The molecule has 0 spiro atoms. The fourth-order valence-corrected chi connectivity index (χ4v) is 25.2. The van der Waals surface area contributed by atoms with Gasteiger partial charge in [0.2, 0.25) is 0 Å². The van der Waals surface area contributed by atoms with Crippen LogP contribution in [-0.2, 0) is 9.47 Å². The number of aryl methyl sites for hydroxylation is 1. The van der Waals surface area contributed by atoms with E-state index in [9.17, 15) is 0 Å². The molecule has 0 saturated carbocycles. The third kappa shape index (κ3) is 6.85. The average molecular weight is 1020 g/mol. The minimum atomic E-state index is -2.82. The van der Waals surface area contributed by atoms with E-state index in [1.807, 2.05) is 0 Å². The zero-order valence-electron chi connectivity index (χ0n) is 40.3. The second kappa shape index (κ2) is 16.2. The van der Waals surface area contributed by atoms with E-state index in [1.54, 1.807) is 17.6 Å². The number of ether oxygens (including phenoxy) is 2. The van der Waals surface area contributed by atoms with Crippen LogP contribution in [0.25, 0.3) is 49.9 Å². The van der Waals surface area contributed by atoms with Gasteiger partial charge in [0.1, 0.15) is 0 Å². The Balaban J connectivity index is 0.898. The number of benzene rings is 9. The van der Waals surface area contributed by atoms with Crippen molar-refractivity contribution in [2.24, 2.45) is 5.92 Å². The third-order valence-corrected chi connectivity index (χ3v) is 30.7. The molecular formula is C63H56Ge2N2O2. The molecule has 69 heavy (non-hydrogen) atoms. The minimum absolute atomic E-state index is 0.135. The first-order valence-corrected chi connectivity index (χ1v) is 37.3. The van der Waals surface area contributed by atoms with E-state index in [2.05, 4.69) is 235 Å². The van der Waals surface area contributed by atoms with Gasteiger partial charge in [-0.05, 0) is 0 Å². The van der Waals surface area contributed by atoms with Crippen molar-refractivity contribution in [1.82, 2.24) is 0 Å². The Kier molecular flexibility index (Phi) is 10.1. The maximum atomic E-state index is 5.90. The van der Waals surface area contributed by atoms with Gasteiger partial charge in [-0.3, -0.25) is 0 Å². The Hall–Kier alpha value is -6.15. The summed E-state index contributed by atoms with van der Waals surface area (Å²) >= 11 is -5.61. The van der Waals surface area contributed by atoms with Gasteiger partial charge in [0.05, 0.1) is 0 Å². The summed E-state index contributed by atoms with van der Waals surface area (Å²) in [5.74, 6) is 10.7. The van der Waals surface area contributed by atoms with Crippen LogP contribution in [0.2, 0.25) is 23.0 Å². The van der Waals surface area contributed by atoms with Crippen LogP contribution in [0.4, 0.5) is 28.4 Å². The van der Waals surface area contributed by atoms with E-state index < -0.39 is 26.5 Å². The van der Waals surface area contributed by atoms with Crippen molar-refractivity contribution in [3.05, 3.63) is 204 Å². The maximum absolute atomic E-state index is 5.90. The van der Waals surface area contributed by atoms with Gasteiger partial charge >= 0.3 is 414 Å². The Bertz CT molecular complexity index is 3570. The van der Waals surface area contributed by atoms with E-state index in [0.717, 1.165) is 5.56 Å². The van der Waals surface area contributed by atoms with Crippen molar-refractivity contribution in [2.75, 3.05) is 23.0 Å². The fourth-order valence-electron chi connectivity index (χ4n) is 12.3. The molecule has 6 heteroatoms. The number of fused-ring (bicyclic) bond motifs is 9. The Morgan fingerprint density at radius 3 is 1.75 bits per heavy atom. The molecule has 1 aliphatic carbocycles. The molecule has 9 aromatic carbocycles. The molecule has 9 aromatic rings.